The van der Waals surface area contributed by atoms with Crippen LogP contribution in [-0.2, 0) is 10.0 Å². The zero-order valence-electron chi connectivity index (χ0n) is 16.2. The number of para-hydroxylation sites is 1. The number of rotatable bonds is 7. The van der Waals surface area contributed by atoms with Gasteiger partial charge in [0.1, 0.15) is 0 Å². The van der Waals surface area contributed by atoms with Crippen LogP contribution in [0, 0.1) is 0 Å². The van der Waals surface area contributed by atoms with E-state index >= 15 is 0 Å². The molecule has 160 valence electrons. The van der Waals surface area contributed by atoms with Crippen LogP contribution >= 0.6 is 11.6 Å². The highest BCUT2D eigenvalue weighted by molar-refractivity contribution is 7.92. The number of nitrogens with zero attached hydrogens (tertiary/aromatic N) is 1. The quantitative estimate of drug-likeness (QED) is 0.368. The second-order valence-electron chi connectivity index (χ2n) is 6.24. The van der Waals surface area contributed by atoms with Crippen molar-refractivity contribution in [2.45, 2.75) is 4.90 Å². The Morgan fingerprint density at radius 1 is 1.10 bits per heavy atom. The number of nitrogens with one attached hydrogen (secondary N) is 2. The first-order valence-electron chi connectivity index (χ1n) is 8.88. The Balaban J connectivity index is 1.76. The normalized spacial score (nSPS) is 11.3. The van der Waals surface area contributed by atoms with Crippen LogP contribution in [0.25, 0.3) is 0 Å². The van der Waals surface area contributed by atoms with Gasteiger partial charge in [0.05, 0.1) is 29.5 Å². The van der Waals surface area contributed by atoms with Gasteiger partial charge < -0.3 is 9.84 Å². The minimum Gasteiger partial charge on any atom is -0.504 e. The van der Waals surface area contributed by atoms with Gasteiger partial charge in [0, 0.05) is 5.02 Å². The molecule has 0 atom stereocenters. The Morgan fingerprint density at radius 3 is 2.52 bits per heavy atom. The summed E-state index contributed by atoms with van der Waals surface area (Å²) in [6, 6.07) is 16.3. The van der Waals surface area contributed by atoms with Gasteiger partial charge in [-0.05, 0) is 60.2 Å². The first-order valence-corrected chi connectivity index (χ1v) is 10.7. The SMILES string of the molecule is COc1cc(/C=N\NC(=O)c2ccccc2NS(=O)(=O)c2ccc(Cl)cc2)ccc1O. The second kappa shape index (κ2) is 9.50. The molecule has 1 amide bonds. The van der Waals surface area contributed by atoms with E-state index in [1.807, 2.05) is 0 Å². The Hall–Kier alpha value is -3.56. The molecule has 8 nitrogen and oxygen atoms in total. The van der Waals surface area contributed by atoms with Gasteiger partial charge >= 0.3 is 0 Å². The third-order valence-corrected chi connectivity index (χ3v) is 5.76. The van der Waals surface area contributed by atoms with E-state index in [-0.39, 0.29) is 27.6 Å². The minimum absolute atomic E-state index is 0.00593. The van der Waals surface area contributed by atoms with Gasteiger partial charge in [-0.2, -0.15) is 5.10 Å². The van der Waals surface area contributed by atoms with Gasteiger partial charge in [-0.1, -0.05) is 23.7 Å². The number of hydrogen-bond donors (Lipinski definition) is 3. The summed E-state index contributed by atoms with van der Waals surface area (Å²) in [7, 11) is -2.51. The molecule has 3 aromatic carbocycles. The largest absolute Gasteiger partial charge is 0.504 e. The smallest absolute Gasteiger partial charge is 0.273 e. The fraction of sp³-hybridized carbons (Fsp3) is 0.0476. The molecule has 0 aliphatic heterocycles. The van der Waals surface area contributed by atoms with Crippen molar-refractivity contribution in [3.8, 4) is 11.5 Å². The molecule has 0 unspecified atom stereocenters. The monoisotopic (exact) mass is 459 g/mol. The summed E-state index contributed by atoms with van der Waals surface area (Å²) in [5, 5.41) is 13.9. The number of hydrazone groups is 1. The maximum atomic E-state index is 12.6. The Kier molecular flexibility index (Phi) is 6.78. The fourth-order valence-electron chi connectivity index (χ4n) is 2.59. The average Bonchev–Trinajstić information content (AvgIpc) is 2.75. The molecule has 0 fully saturated rings. The minimum atomic E-state index is -3.93. The first kappa shape index (κ1) is 22.1. The first-order chi connectivity index (χ1) is 14.8. The molecule has 0 aromatic heterocycles. The molecule has 31 heavy (non-hydrogen) atoms. The number of methoxy groups -OCH3 is 1. The predicted octanol–water partition coefficient (Wildman–Crippen LogP) is 3.62. The summed E-state index contributed by atoms with van der Waals surface area (Å²) < 4.78 is 32.7. The van der Waals surface area contributed by atoms with Crippen molar-refractivity contribution in [2.75, 3.05) is 11.8 Å². The molecule has 0 heterocycles. The summed E-state index contributed by atoms with van der Waals surface area (Å²) in [5.41, 5.74) is 3.10. The predicted molar refractivity (Wildman–Crippen MR) is 118 cm³/mol. The van der Waals surface area contributed by atoms with Crippen molar-refractivity contribution in [1.29, 1.82) is 0 Å². The molecule has 3 rings (SSSR count). The zero-order chi connectivity index (χ0) is 22.4. The lowest BCUT2D eigenvalue weighted by Crippen LogP contribution is -2.21. The number of ether oxygens (including phenoxy) is 1. The van der Waals surface area contributed by atoms with Crippen molar-refractivity contribution in [3.63, 3.8) is 0 Å². The highest BCUT2D eigenvalue weighted by Gasteiger charge is 2.18. The van der Waals surface area contributed by atoms with Crippen molar-refractivity contribution >= 4 is 39.4 Å². The third-order valence-electron chi connectivity index (χ3n) is 4.12. The summed E-state index contributed by atoms with van der Waals surface area (Å²) >= 11 is 5.81. The molecule has 0 aliphatic carbocycles. The molecule has 0 saturated heterocycles. The molecule has 0 radical (unpaired) electrons. The molecule has 0 saturated carbocycles. The molecular formula is C21H18ClN3O5S. The van der Waals surface area contributed by atoms with Crippen LogP contribution in [0.3, 0.4) is 0 Å². The second-order valence-corrected chi connectivity index (χ2v) is 8.35. The lowest BCUT2D eigenvalue weighted by Gasteiger charge is -2.11. The molecular weight excluding hydrogens is 442 g/mol. The lowest BCUT2D eigenvalue weighted by molar-refractivity contribution is 0.0956. The van der Waals surface area contributed by atoms with Crippen LogP contribution in [-0.4, -0.2) is 32.8 Å². The van der Waals surface area contributed by atoms with Gasteiger partial charge in [-0.3, -0.25) is 9.52 Å². The average molecular weight is 460 g/mol. The fourth-order valence-corrected chi connectivity index (χ4v) is 3.79. The number of amides is 1. The highest BCUT2D eigenvalue weighted by Crippen LogP contribution is 2.25. The number of carbonyl (C=O) groups is 1. The highest BCUT2D eigenvalue weighted by atomic mass is 35.5. The number of hydrogen-bond acceptors (Lipinski definition) is 6. The van der Waals surface area contributed by atoms with Crippen LogP contribution in [0.5, 0.6) is 11.5 Å². The van der Waals surface area contributed by atoms with Gasteiger partial charge in [0.2, 0.25) is 0 Å². The number of phenolic OH excluding ortho intramolecular Hbond substituents is 1. The Morgan fingerprint density at radius 2 is 1.81 bits per heavy atom. The van der Waals surface area contributed by atoms with Crippen LogP contribution < -0.4 is 14.9 Å². The van der Waals surface area contributed by atoms with Crippen LogP contribution in [0.1, 0.15) is 15.9 Å². The molecule has 0 spiro atoms. The standard InChI is InChI=1S/C21H18ClN3O5S/c1-30-20-12-14(6-11-19(20)26)13-23-24-21(27)17-4-2-3-5-18(17)25-31(28,29)16-9-7-15(22)8-10-16/h2-13,25-26H,1H3,(H,24,27)/b23-13-. The molecule has 0 bridgehead atoms. The van der Waals surface area contributed by atoms with Crippen molar-refractivity contribution in [3.05, 3.63) is 82.9 Å². The number of halogens is 1. The zero-order valence-corrected chi connectivity index (χ0v) is 17.8. The Labute approximate surface area is 184 Å². The van der Waals surface area contributed by atoms with Crippen molar-refractivity contribution in [2.24, 2.45) is 5.10 Å². The molecule has 0 aliphatic rings. The van der Waals surface area contributed by atoms with Gasteiger partial charge in [0.15, 0.2) is 11.5 Å². The van der Waals surface area contributed by atoms with E-state index in [1.165, 1.54) is 55.8 Å². The summed E-state index contributed by atoms with van der Waals surface area (Å²) in [6.07, 6.45) is 1.36. The maximum absolute atomic E-state index is 12.6. The van der Waals surface area contributed by atoms with E-state index in [4.69, 9.17) is 16.3 Å². The van der Waals surface area contributed by atoms with Crippen molar-refractivity contribution < 1.29 is 23.1 Å². The topological polar surface area (TPSA) is 117 Å². The maximum Gasteiger partial charge on any atom is 0.273 e. The summed E-state index contributed by atoms with van der Waals surface area (Å²) in [4.78, 5) is 12.6. The van der Waals surface area contributed by atoms with Crippen LogP contribution in [0.2, 0.25) is 5.02 Å². The van der Waals surface area contributed by atoms with Crippen LogP contribution in [0.4, 0.5) is 5.69 Å². The molecule has 10 heteroatoms. The van der Waals surface area contributed by atoms with E-state index in [9.17, 15) is 18.3 Å². The van der Waals surface area contributed by atoms with Gasteiger partial charge in [-0.15, -0.1) is 0 Å². The third kappa shape index (κ3) is 5.53. The Bertz CT molecular complexity index is 1230. The van der Waals surface area contributed by atoms with Gasteiger partial charge in [0.25, 0.3) is 15.9 Å². The molecule has 3 aromatic rings. The number of aromatic hydroxyl groups is 1. The van der Waals surface area contributed by atoms with E-state index in [2.05, 4.69) is 15.2 Å². The number of benzene rings is 3. The number of sulfonamides is 1. The van der Waals surface area contributed by atoms with E-state index in [0.29, 0.717) is 10.6 Å². The van der Waals surface area contributed by atoms with E-state index in [0.717, 1.165) is 0 Å². The number of anilines is 1. The van der Waals surface area contributed by atoms with E-state index < -0.39 is 15.9 Å². The number of carbonyl (C=O) groups excluding carboxylic acids is 1. The summed E-state index contributed by atoms with van der Waals surface area (Å²) in [6.45, 7) is 0. The van der Waals surface area contributed by atoms with E-state index in [1.54, 1.807) is 24.3 Å². The number of phenols is 1. The lowest BCUT2D eigenvalue weighted by atomic mass is 10.2. The summed E-state index contributed by atoms with van der Waals surface area (Å²) in [5.74, 6) is -0.376. The van der Waals surface area contributed by atoms with Crippen LogP contribution in [0.15, 0.2) is 76.7 Å². The van der Waals surface area contributed by atoms with Crippen molar-refractivity contribution in [1.82, 2.24) is 5.43 Å². The van der Waals surface area contributed by atoms with Gasteiger partial charge in [-0.25, -0.2) is 13.8 Å². The molecule has 3 N–H and O–H groups in total.